The topological polar surface area (TPSA) is 55.2 Å². The van der Waals surface area contributed by atoms with E-state index in [0.717, 1.165) is 25.7 Å². The molecule has 1 amide bonds. The highest BCUT2D eigenvalue weighted by atomic mass is 32.2. The fourth-order valence-electron chi connectivity index (χ4n) is 3.89. The average Bonchev–Trinajstić information content (AvgIpc) is 2.73. The lowest BCUT2D eigenvalue weighted by molar-refractivity contribution is -0.131. The van der Waals surface area contributed by atoms with Gasteiger partial charge in [0.25, 0.3) is 5.56 Å². The van der Waals surface area contributed by atoms with E-state index in [0.29, 0.717) is 28.6 Å². The third-order valence-electron chi connectivity index (χ3n) is 5.66. The number of aromatic nitrogens is 2. The summed E-state index contributed by atoms with van der Waals surface area (Å²) >= 11 is 1.41. The molecule has 1 aliphatic rings. The maximum atomic E-state index is 13.0. The Kier molecular flexibility index (Phi) is 7.16. The van der Waals surface area contributed by atoms with E-state index in [-0.39, 0.29) is 16.7 Å². The van der Waals surface area contributed by atoms with Gasteiger partial charge in [0.05, 0.1) is 16.2 Å². The summed E-state index contributed by atoms with van der Waals surface area (Å²) in [7, 11) is 1.92. The van der Waals surface area contributed by atoms with Crippen molar-refractivity contribution >= 4 is 28.6 Å². The Morgan fingerprint density at radius 3 is 2.71 bits per heavy atom. The number of hydrogen-bond donors (Lipinski definition) is 0. The first-order chi connectivity index (χ1) is 13.5. The predicted octanol–water partition coefficient (Wildman–Crippen LogP) is 4.47. The van der Waals surface area contributed by atoms with Gasteiger partial charge in [-0.2, -0.15) is 0 Å². The Balaban J connectivity index is 1.85. The van der Waals surface area contributed by atoms with Crippen molar-refractivity contribution in [1.82, 2.24) is 14.5 Å². The van der Waals surface area contributed by atoms with Crippen LogP contribution in [0.2, 0.25) is 0 Å². The van der Waals surface area contributed by atoms with E-state index >= 15 is 0 Å². The van der Waals surface area contributed by atoms with Crippen LogP contribution in [-0.4, -0.2) is 38.7 Å². The van der Waals surface area contributed by atoms with Crippen molar-refractivity contribution in [3.63, 3.8) is 0 Å². The summed E-state index contributed by atoms with van der Waals surface area (Å²) in [5.41, 5.74) is 0.685. The molecular formula is C22H31N3O2S. The zero-order valence-corrected chi connectivity index (χ0v) is 18.0. The normalized spacial score (nSPS) is 16.2. The molecule has 1 fully saturated rings. The second kappa shape index (κ2) is 9.59. The van der Waals surface area contributed by atoms with Crippen molar-refractivity contribution < 1.29 is 4.79 Å². The van der Waals surface area contributed by atoms with Crippen LogP contribution in [0.5, 0.6) is 0 Å². The summed E-state index contributed by atoms with van der Waals surface area (Å²) in [6.45, 7) is 4.67. The second-order valence-corrected chi connectivity index (χ2v) is 9.03. The molecule has 1 saturated carbocycles. The number of carbonyl (C=O) groups is 1. The number of nitrogens with zero attached hydrogens (tertiary/aromatic N) is 3. The molecule has 1 unspecified atom stereocenters. The minimum atomic E-state index is -0.270. The highest BCUT2D eigenvalue weighted by Gasteiger charge is 2.27. The van der Waals surface area contributed by atoms with E-state index in [1.54, 1.807) is 4.57 Å². The fraction of sp³-hybridized carbons (Fsp3) is 0.591. The molecule has 5 nitrogen and oxygen atoms in total. The van der Waals surface area contributed by atoms with Gasteiger partial charge in [-0.15, -0.1) is 0 Å². The van der Waals surface area contributed by atoms with Crippen LogP contribution >= 0.6 is 11.8 Å². The summed E-state index contributed by atoms with van der Waals surface area (Å²) in [6, 6.07) is 7.80. The molecule has 0 saturated heterocycles. The Morgan fingerprint density at radius 1 is 1.29 bits per heavy atom. The first-order valence-corrected chi connectivity index (χ1v) is 11.3. The number of thioether (sulfide) groups is 1. The van der Waals surface area contributed by atoms with Gasteiger partial charge in [-0.1, -0.05) is 56.5 Å². The summed E-state index contributed by atoms with van der Waals surface area (Å²) < 4.78 is 1.75. The lowest BCUT2D eigenvalue weighted by atomic mass is 9.94. The van der Waals surface area contributed by atoms with E-state index < -0.39 is 0 Å². The number of carbonyl (C=O) groups excluding carboxylic acids is 1. The predicted molar refractivity (Wildman–Crippen MR) is 116 cm³/mol. The van der Waals surface area contributed by atoms with Crippen molar-refractivity contribution in [1.29, 1.82) is 0 Å². The van der Waals surface area contributed by atoms with Gasteiger partial charge in [0, 0.05) is 19.6 Å². The zero-order chi connectivity index (χ0) is 20.1. The van der Waals surface area contributed by atoms with Gasteiger partial charge in [0.2, 0.25) is 5.91 Å². The fourth-order valence-corrected chi connectivity index (χ4v) is 4.93. The first kappa shape index (κ1) is 20.9. The molecule has 2 aromatic rings. The van der Waals surface area contributed by atoms with Crippen molar-refractivity contribution in [2.45, 2.75) is 81.8 Å². The van der Waals surface area contributed by atoms with Crippen LogP contribution in [0.1, 0.15) is 58.8 Å². The van der Waals surface area contributed by atoms with Gasteiger partial charge in [-0.25, -0.2) is 4.98 Å². The molecule has 28 heavy (non-hydrogen) atoms. The summed E-state index contributed by atoms with van der Waals surface area (Å²) in [5.74, 6) is 0.126. The molecule has 1 aromatic carbocycles. The number of fused-ring (bicyclic) bond motifs is 1. The number of amides is 1. The van der Waals surface area contributed by atoms with E-state index in [1.165, 1.54) is 31.0 Å². The summed E-state index contributed by atoms with van der Waals surface area (Å²) in [5, 5.41) is 1.02. The van der Waals surface area contributed by atoms with E-state index in [9.17, 15) is 9.59 Å². The third-order valence-corrected chi connectivity index (χ3v) is 6.74. The van der Waals surface area contributed by atoms with Crippen molar-refractivity contribution in [2.75, 3.05) is 7.05 Å². The standard InChI is InChI=1S/C22H31N3O2S/c1-4-5-15-25-21(27)18-13-9-10-14-19(18)23-22(25)28-16(2)20(26)24(3)17-11-7-6-8-12-17/h9-10,13-14,16-17H,4-8,11-12,15H2,1-3H3. The molecule has 0 N–H and O–H groups in total. The molecular weight excluding hydrogens is 370 g/mol. The maximum absolute atomic E-state index is 13.0. The molecule has 1 aliphatic carbocycles. The average molecular weight is 402 g/mol. The highest BCUT2D eigenvalue weighted by Crippen LogP contribution is 2.27. The van der Waals surface area contributed by atoms with Gasteiger partial charge < -0.3 is 4.90 Å². The lowest BCUT2D eigenvalue weighted by Gasteiger charge is -2.32. The molecule has 1 heterocycles. The Hall–Kier alpha value is -1.82. The van der Waals surface area contributed by atoms with Crippen LogP contribution in [0.3, 0.4) is 0 Å². The molecule has 0 aliphatic heterocycles. The molecule has 3 rings (SSSR count). The largest absolute Gasteiger partial charge is 0.342 e. The smallest absolute Gasteiger partial charge is 0.262 e. The summed E-state index contributed by atoms with van der Waals surface area (Å²) in [4.78, 5) is 32.7. The molecule has 152 valence electrons. The molecule has 0 bridgehead atoms. The van der Waals surface area contributed by atoms with Crippen molar-refractivity contribution in [3.05, 3.63) is 34.6 Å². The lowest BCUT2D eigenvalue weighted by Crippen LogP contribution is -2.42. The number of hydrogen-bond acceptors (Lipinski definition) is 4. The van der Waals surface area contributed by atoms with E-state index in [2.05, 4.69) is 6.92 Å². The Labute approximate surface area is 171 Å². The van der Waals surface area contributed by atoms with E-state index in [4.69, 9.17) is 4.98 Å². The number of para-hydroxylation sites is 1. The van der Waals surface area contributed by atoms with Crippen molar-refractivity contribution in [3.8, 4) is 0 Å². The van der Waals surface area contributed by atoms with Crippen LogP contribution < -0.4 is 5.56 Å². The maximum Gasteiger partial charge on any atom is 0.262 e. The molecule has 1 aromatic heterocycles. The molecule has 6 heteroatoms. The first-order valence-electron chi connectivity index (χ1n) is 10.5. The quantitative estimate of drug-likeness (QED) is 0.507. The SMILES string of the molecule is CCCCn1c(SC(C)C(=O)N(C)C2CCCCC2)nc2ccccc2c1=O. The minimum absolute atomic E-state index is 0.0122. The third kappa shape index (κ3) is 4.59. The number of benzene rings is 1. The van der Waals surface area contributed by atoms with Gasteiger partial charge >= 0.3 is 0 Å². The number of unbranched alkanes of at least 4 members (excludes halogenated alkanes) is 1. The molecule has 0 radical (unpaired) electrons. The second-order valence-electron chi connectivity index (χ2n) is 7.72. The van der Waals surface area contributed by atoms with Gasteiger partial charge in [0.15, 0.2) is 5.16 Å². The van der Waals surface area contributed by atoms with Crippen molar-refractivity contribution in [2.24, 2.45) is 0 Å². The van der Waals surface area contributed by atoms with Gasteiger partial charge in [-0.3, -0.25) is 14.2 Å². The molecule has 0 spiro atoms. The van der Waals surface area contributed by atoms with Crippen LogP contribution in [0.25, 0.3) is 10.9 Å². The van der Waals surface area contributed by atoms with Gasteiger partial charge in [0.1, 0.15) is 0 Å². The summed E-state index contributed by atoms with van der Waals surface area (Å²) in [6.07, 6.45) is 7.77. The monoisotopic (exact) mass is 401 g/mol. The van der Waals surface area contributed by atoms with Gasteiger partial charge in [-0.05, 0) is 38.3 Å². The number of rotatable bonds is 7. The molecule has 1 atom stereocenters. The van der Waals surface area contributed by atoms with Crippen LogP contribution in [0.15, 0.2) is 34.2 Å². The van der Waals surface area contributed by atoms with Crippen LogP contribution in [0.4, 0.5) is 0 Å². The Bertz CT molecular complexity index is 874. The van der Waals surface area contributed by atoms with Crippen LogP contribution in [0, 0.1) is 0 Å². The minimum Gasteiger partial charge on any atom is -0.342 e. The van der Waals surface area contributed by atoms with E-state index in [1.807, 2.05) is 43.1 Å². The Morgan fingerprint density at radius 2 is 2.00 bits per heavy atom. The van der Waals surface area contributed by atoms with Crippen LogP contribution in [-0.2, 0) is 11.3 Å². The highest BCUT2D eigenvalue weighted by molar-refractivity contribution is 8.00. The zero-order valence-electron chi connectivity index (χ0n) is 17.2.